The van der Waals surface area contributed by atoms with E-state index < -0.39 is 0 Å². The van der Waals surface area contributed by atoms with Gasteiger partial charge in [-0.3, -0.25) is 0 Å². The molecule has 1 atom stereocenters. The summed E-state index contributed by atoms with van der Waals surface area (Å²) >= 11 is 5.99. The minimum absolute atomic E-state index is 0.165. The van der Waals surface area contributed by atoms with Crippen molar-refractivity contribution in [2.24, 2.45) is 5.73 Å². The average Bonchev–Trinajstić information content (AvgIpc) is 2.17. The van der Waals surface area contributed by atoms with Crippen molar-refractivity contribution in [1.29, 1.82) is 0 Å². The number of nitrogens with one attached hydrogen (secondary N) is 1. The Morgan fingerprint density at radius 3 is 2.80 bits per heavy atom. The molecule has 0 radical (unpaired) electrons. The zero-order valence-corrected chi connectivity index (χ0v) is 9.84. The van der Waals surface area contributed by atoms with Gasteiger partial charge in [-0.05, 0) is 24.6 Å². The van der Waals surface area contributed by atoms with Gasteiger partial charge < -0.3 is 15.8 Å². The second-order valence-electron chi connectivity index (χ2n) is 3.58. The fourth-order valence-electron chi connectivity index (χ4n) is 1.26. The lowest BCUT2D eigenvalue weighted by molar-refractivity contribution is 0.415. The first-order valence-corrected chi connectivity index (χ1v) is 5.30. The Kier molecular flexibility index (Phi) is 4.88. The number of rotatable bonds is 5. The van der Waals surface area contributed by atoms with Crippen molar-refractivity contribution in [1.82, 2.24) is 5.32 Å². The van der Waals surface area contributed by atoms with Gasteiger partial charge in [0.2, 0.25) is 0 Å². The molecule has 0 spiro atoms. The Morgan fingerprint density at radius 2 is 2.27 bits per heavy atom. The van der Waals surface area contributed by atoms with Crippen molar-refractivity contribution in [2.75, 3.05) is 13.7 Å². The van der Waals surface area contributed by atoms with E-state index in [0.29, 0.717) is 10.8 Å². The van der Waals surface area contributed by atoms with Crippen LogP contribution in [0, 0.1) is 0 Å². The topological polar surface area (TPSA) is 47.3 Å². The summed E-state index contributed by atoms with van der Waals surface area (Å²) in [7, 11) is 1.61. The van der Waals surface area contributed by atoms with Crippen molar-refractivity contribution in [3.8, 4) is 5.75 Å². The monoisotopic (exact) mass is 228 g/mol. The van der Waals surface area contributed by atoms with Crippen LogP contribution in [0.15, 0.2) is 18.2 Å². The molecule has 1 rings (SSSR count). The third-order valence-electron chi connectivity index (χ3n) is 2.01. The third kappa shape index (κ3) is 4.08. The summed E-state index contributed by atoms with van der Waals surface area (Å²) in [5.41, 5.74) is 6.75. The fourth-order valence-corrected chi connectivity index (χ4v) is 1.54. The van der Waals surface area contributed by atoms with Crippen molar-refractivity contribution in [3.63, 3.8) is 0 Å². The molecule has 84 valence electrons. The average molecular weight is 229 g/mol. The third-order valence-corrected chi connectivity index (χ3v) is 2.31. The molecule has 0 amide bonds. The number of nitrogens with two attached hydrogens (primary N) is 1. The van der Waals surface area contributed by atoms with Gasteiger partial charge in [0, 0.05) is 19.1 Å². The number of halogens is 1. The van der Waals surface area contributed by atoms with Crippen LogP contribution in [0.3, 0.4) is 0 Å². The predicted molar refractivity (Wildman–Crippen MR) is 63.4 cm³/mol. The van der Waals surface area contributed by atoms with Gasteiger partial charge in [-0.15, -0.1) is 0 Å². The number of hydrogen-bond acceptors (Lipinski definition) is 3. The maximum absolute atomic E-state index is 5.99. The van der Waals surface area contributed by atoms with Crippen LogP contribution in [0.25, 0.3) is 0 Å². The summed E-state index contributed by atoms with van der Waals surface area (Å²) in [5, 5.41) is 3.88. The van der Waals surface area contributed by atoms with Crippen LogP contribution in [-0.2, 0) is 6.54 Å². The number of methoxy groups -OCH3 is 1. The highest BCUT2D eigenvalue weighted by Crippen LogP contribution is 2.24. The molecule has 0 aliphatic rings. The van der Waals surface area contributed by atoms with Gasteiger partial charge in [0.05, 0.1) is 12.1 Å². The molecular formula is C11H17ClN2O. The minimum atomic E-state index is 0.165. The summed E-state index contributed by atoms with van der Waals surface area (Å²) < 4.78 is 5.07. The Labute approximate surface area is 95.6 Å². The molecule has 0 saturated carbocycles. The standard InChI is InChI=1S/C11H17ClN2O/c1-8(13)6-14-7-9-3-4-11(15-2)10(12)5-9/h3-5,8,14H,6-7,13H2,1-2H3. The molecule has 0 heterocycles. The molecule has 3 N–H and O–H groups in total. The van der Waals surface area contributed by atoms with Gasteiger partial charge in [0.15, 0.2) is 0 Å². The lowest BCUT2D eigenvalue weighted by Crippen LogP contribution is -2.30. The van der Waals surface area contributed by atoms with Crippen LogP contribution < -0.4 is 15.8 Å². The summed E-state index contributed by atoms with van der Waals surface area (Å²) in [6.07, 6.45) is 0. The van der Waals surface area contributed by atoms with Crippen LogP contribution in [0.5, 0.6) is 5.75 Å². The fraction of sp³-hybridized carbons (Fsp3) is 0.455. The minimum Gasteiger partial charge on any atom is -0.495 e. The van der Waals surface area contributed by atoms with Crippen LogP contribution in [0.2, 0.25) is 5.02 Å². The summed E-state index contributed by atoms with van der Waals surface area (Å²) in [4.78, 5) is 0. The Morgan fingerprint density at radius 1 is 1.53 bits per heavy atom. The predicted octanol–water partition coefficient (Wildman–Crippen LogP) is 1.79. The van der Waals surface area contributed by atoms with Crippen molar-refractivity contribution < 1.29 is 4.74 Å². The van der Waals surface area contributed by atoms with E-state index in [1.807, 2.05) is 25.1 Å². The molecule has 1 unspecified atom stereocenters. The lowest BCUT2D eigenvalue weighted by atomic mass is 10.2. The lowest BCUT2D eigenvalue weighted by Gasteiger charge is -2.09. The van der Waals surface area contributed by atoms with Crippen LogP contribution in [-0.4, -0.2) is 19.7 Å². The molecule has 0 aromatic heterocycles. The van der Waals surface area contributed by atoms with E-state index in [1.54, 1.807) is 7.11 Å². The first-order chi connectivity index (χ1) is 7.13. The molecule has 0 aliphatic carbocycles. The van der Waals surface area contributed by atoms with Crippen molar-refractivity contribution in [2.45, 2.75) is 19.5 Å². The molecule has 0 bridgehead atoms. The van der Waals surface area contributed by atoms with E-state index in [4.69, 9.17) is 22.1 Å². The van der Waals surface area contributed by atoms with Gasteiger partial charge in [-0.25, -0.2) is 0 Å². The largest absolute Gasteiger partial charge is 0.495 e. The molecule has 0 fully saturated rings. The maximum atomic E-state index is 5.99. The van der Waals surface area contributed by atoms with Crippen molar-refractivity contribution >= 4 is 11.6 Å². The summed E-state index contributed by atoms with van der Waals surface area (Å²) in [6.45, 7) is 3.53. The second-order valence-corrected chi connectivity index (χ2v) is 3.98. The van der Waals surface area contributed by atoms with Crippen LogP contribution >= 0.6 is 11.6 Å². The summed E-state index contributed by atoms with van der Waals surface area (Å²) in [5.74, 6) is 0.701. The first kappa shape index (κ1) is 12.3. The summed E-state index contributed by atoms with van der Waals surface area (Å²) in [6, 6.07) is 5.91. The highest BCUT2D eigenvalue weighted by molar-refractivity contribution is 6.32. The van der Waals surface area contributed by atoms with Crippen LogP contribution in [0.4, 0.5) is 0 Å². The zero-order chi connectivity index (χ0) is 11.3. The number of ether oxygens (including phenoxy) is 1. The highest BCUT2D eigenvalue weighted by atomic mass is 35.5. The molecular weight excluding hydrogens is 212 g/mol. The highest BCUT2D eigenvalue weighted by Gasteiger charge is 2.01. The van der Waals surface area contributed by atoms with Crippen molar-refractivity contribution in [3.05, 3.63) is 28.8 Å². The van der Waals surface area contributed by atoms with E-state index in [2.05, 4.69) is 5.32 Å². The van der Waals surface area contributed by atoms with Gasteiger partial charge in [0.25, 0.3) is 0 Å². The van der Waals surface area contributed by atoms with E-state index in [-0.39, 0.29) is 6.04 Å². The van der Waals surface area contributed by atoms with E-state index >= 15 is 0 Å². The molecule has 4 heteroatoms. The molecule has 0 saturated heterocycles. The van der Waals surface area contributed by atoms with E-state index in [1.165, 1.54) is 0 Å². The molecule has 3 nitrogen and oxygen atoms in total. The second kappa shape index (κ2) is 5.95. The smallest absolute Gasteiger partial charge is 0.137 e. The molecule has 0 aliphatic heterocycles. The first-order valence-electron chi connectivity index (χ1n) is 4.92. The molecule has 1 aromatic rings. The zero-order valence-electron chi connectivity index (χ0n) is 9.09. The van der Waals surface area contributed by atoms with E-state index in [0.717, 1.165) is 18.7 Å². The molecule has 15 heavy (non-hydrogen) atoms. The quantitative estimate of drug-likeness (QED) is 0.808. The molecule has 1 aromatic carbocycles. The Balaban J connectivity index is 2.52. The number of benzene rings is 1. The van der Waals surface area contributed by atoms with Gasteiger partial charge in [0.1, 0.15) is 5.75 Å². The van der Waals surface area contributed by atoms with Gasteiger partial charge in [-0.1, -0.05) is 17.7 Å². The van der Waals surface area contributed by atoms with E-state index in [9.17, 15) is 0 Å². The van der Waals surface area contributed by atoms with Gasteiger partial charge in [-0.2, -0.15) is 0 Å². The number of hydrogen-bond donors (Lipinski definition) is 2. The SMILES string of the molecule is COc1ccc(CNCC(C)N)cc1Cl. The Hall–Kier alpha value is -0.770. The normalized spacial score (nSPS) is 12.5. The Bertz CT molecular complexity index is 315. The van der Waals surface area contributed by atoms with Crippen LogP contribution in [0.1, 0.15) is 12.5 Å². The van der Waals surface area contributed by atoms with Gasteiger partial charge >= 0.3 is 0 Å². The maximum Gasteiger partial charge on any atom is 0.137 e.